The summed E-state index contributed by atoms with van der Waals surface area (Å²) in [6, 6.07) is 11.2. The van der Waals surface area contributed by atoms with E-state index in [9.17, 15) is 9.90 Å². The van der Waals surface area contributed by atoms with Crippen LogP contribution in [-0.2, 0) is 22.2 Å². The third kappa shape index (κ3) is 6.68. The normalized spacial score (nSPS) is 12.3. The average molecular weight is 528 g/mol. The van der Waals surface area contributed by atoms with Gasteiger partial charge in [-0.1, -0.05) is 64.9 Å². The van der Waals surface area contributed by atoms with Crippen molar-refractivity contribution in [3.63, 3.8) is 0 Å². The molecule has 0 atom stereocenters. The highest BCUT2D eigenvalue weighted by Crippen LogP contribution is 2.39. The lowest BCUT2D eigenvalue weighted by molar-refractivity contribution is -0.118. The summed E-state index contributed by atoms with van der Waals surface area (Å²) in [6.45, 7) is 15.0. The van der Waals surface area contributed by atoms with Crippen LogP contribution in [0.3, 0.4) is 0 Å². The molecule has 192 valence electrons. The molecule has 0 aliphatic rings. The van der Waals surface area contributed by atoms with E-state index in [4.69, 9.17) is 11.6 Å². The quantitative estimate of drug-likeness (QED) is 0.218. The van der Waals surface area contributed by atoms with Gasteiger partial charge in [-0.05, 0) is 59.7 Å². The third-order valence-corrected chi connectivity index (χ3v) is 6.84. The Balaban J connectivity index is 1.69. The van der Waals surface area contributed by atoms with E-state index < -0.39 is 0 Å². The lowest BCUT2D eigenvalue weighted by Crippen LogP contribution is -2.20. The largest absolute Gasteiger partial charge is 0.507 e. The van der Waals surface area contributed by atoms with Gasteiger partial charge in [0.05, 0.1) is 12.0 Å². The maximum Gasteiger partial charge on any atom is 0.250 e. The van der Waals surface area contributed by atoms with E-state index in [0.717, 1.165) is 28.1 Å². The van der Waals surface area contributed by atoms with Gasteiger partial charge in [-0.3, -0.25) is 4.79 Å². The standard InChI is InChI=1S/C27H34ClN5O2S/c1-8-33-24(18-9-11-19(28)12-10-18)31-32-25(33)36-16-22(34)30-29-15-17-13-20(26(2,3)4)23(35)21(14-17)27(5,6)7/h9-15,35H,8,16H2,1-7H3,(H,30,34)/b29-15+. The van der Waals surface area contributed by atoms with Crippen LogP contribution in [0.1, 0.15) is 65.2 Å². The zero-order valence-corrected chi connectivity index (χ0v) is 23.5. The van der Waals surface area contributed by atoms with Crippen LogP contribution in [0.25, 0.3) is 11.4 Å². The van der Waals surface area contributed by atoms with E-state index in [1.165, 1.54) is 11.8 Å². The van der Waals surface area contributed by atoms with Crippen molar-refractivity contribution >= 4 is 35.5 Å². The van der Waals surface area contributed by atoms with Gasteiger partial charge in [0.1, 0.15) is 5.75 Å². The summed E-state index contributed by atoms with van der Waals surface area (Å²) < 4.78 is 1.96. The lowest BCUT2D eigenvalue weighted by Gasteiger charge is -2.27. The van der Waals surface area contributed by atoms with Crippen LogP contribution >= 0.6 is 23.4 Å². The molecule has 2 aromatic carbocycles. The van der Waals surface area contributed by atoms with E-state index in [1.807, 2.05) is 47.9 Å². The molecule has 2 N–H and O–H groups in total. The number of halogens is 1. The summed E-state index contributed by atoms with van der Waals surface area (Å²) in [7, 11) is 0. The number of hydrogen-bond acceptors (Lipinski definition) is 6. The van der Waals surface area contributed by atoms with E-state index >= 15 is 0 Å². The fraction of sp³-hybridized carbons (Fsp3) is 0.407. The molecule has 36 heavy (non-hydrogen) atoms. The summed E-state index contributed by atoms with van der Waals surface area (Å²) in [5.74, 6) is 0.935. The predicted octanol–water partition coefficient (Wildman–Crippen LogP) is 6.16. The number of amides is 1. The van der Waals surface area contributed by atoms with Crippen LogP contribution in [0, 0.1) is 0 Å². The molecule has 1 amide bonds. The molecular weight excluding hydrogens is 494 g/mol. The topological polar surface area (TPSA) is 92.4 Å². The fourth-order valence-corrected chi connectivity index (χ4v) is 4.63. The van der Waals surface area contributed by atoms with Crippen molar-refractivity contribution in [1.82, 2.24) is 20.2 Å². The second-order valence-electron chi connectivity index (χ2n) is 10.6. The van der Waals surface area contributed by atoms with Crippen molar-refractivity contribution in [3.05, 3.63) is 58.1 Å². The van der Waals surface area contributed by atoms with Gasteiger partial charge in [-0.15, -0.1) is 10.2 Å². The summed E-state index contributed by atoms with van der Waals surface area (Å²) in [6.07, 6.45) is 1.61. The number of hydrogen-bond donors (Lipinski definition) is 2. The lowest BCUT2D eigenvalue weighted by atomic mass is 9.78. The summed E-state index contributed by atoms with van der Waals surface area (Å²) in [5.41, 5.74) is 5.51. The number of thioether (sulfide) groups is 1. The average Bonchev–Trinajstić information content (AvgIpc) is 3.20. The first kappa shape index (κ1) is 27.7. The highest BCUT2D eigenvalue weighted by Gasteiger charge is 2.26. The highest BCUT2D eigenvalue weighted by atomic mass is 35.5. The Morgan fingerprint density at radius 3 is 2.19 bits per heavy atom. The van der Waals surface area contributed by atoms with Crippen molar-refractivity contribution in [2.75, 3.05) is 5.75 Å². The molecule has 0 fully saturated rings. The molecular formula is C27H34ClN5O2S. The highest BCUT2D eigenvalue weighted by molar-refractivity contribution is 7.99. The van der Waals surface area contributed by atoms with Crippen LogP contribution in [0.15, 0.2) is 46.7 Å². The molecule has 1 heterocycles. The maximum absolute atomic E-state index is 12.5. The van der Waals surface area contributed by atoms with Gasteiger partial charge < -0.3 is 9.67 Å². The number of carbonyl (C=O) groups is 1. The number of benzene rings is 2. The van der Waals surface area contributed by atoms with Gasteiger partial charge in [-0.2, -0.15) is 5.10 Å². The molecule has 0 aliphatic heterocycles. The van der Waals surface area contributed by atoms with Gasteiger partial charge in [0.15, 0.2) is 11.0 Å². The van der Waals surface area contributed by atoms with Crippen molar-refractivity contribution in [2.24, 2.45) is 5.10 Å². The van der Waals surface area contributed by atoms with Crippen LogP contribution in [0.5, 0.6) is 5.75 Å². The second-order valence-corrected chi connectivity index (χ2v) is 12.0. The molecule has 7 nitrogen and oxygen atoms in total. The molecule has 3 aromatic rings. The molecule has 1 aromatic heterocycles. The Labute approximate surface area is 222 Å². The van der Waals surface area contributed by atoms with Crippen molar-refractivity contribution in [3.8, 4) is 17.1 Å². The maximum atomic E-state index is 12.5. The van der Waals surface area contributed by atoms with E-state index in [1.54, 1.807) is 6.21 Å². The summed E-state index contributed by atoms with van der Waals surface area (Å²) in [5, 5.41) is 24.9. The molecule has 0 saturated heterocycles. The number of phenolic OH excluding ortho intramolecular Hbond substituents is 1. The SMILES string of the molecule is CCn1c(SCC(=O)N/N=C/c2cc(C(C)(C)C)c(O)c(C(C)(C)C)c2)nnc1-c1ccc(Cl)cc1. The van der Waals surface area contributed by atoms with E-state index in [-0.39, 0.29) is 22.5 Å². The van der Waals surface area contributed by atoms with Crippen molar-refractivity contribution in [2.45, 2.75) is 71.0 Å². The number of nitrogens with zero attached hydrogens (tertiary/aromatic N) is 4. The number of aromatic nitrogens is 3. The van der Waals surface area contributed by atoms with Crippen LogP contribution in [0.4, 0.5) is 0 Å². The molecule has 0 saturated carbocycles. The first-order chi connectivity index (χ1) is 16.8. The van der Waals surface area contributed by atoms with Gasteiger partial charge in [-0.25, -0.2) is 5.43 Å². The zero-order chi connectivity index (χ0) is 26.7. The van der Waals surface area contributed by atoms with Gasteiger partial charge in [0.2, 0.25) is 0 Å². The molecule has 9 heteroatoms. The van der Waals surface area contributed by atoms with E-state index in [0.29, 0.717) is 22.5 Å². The molecule has 0 bridgehead atoms. The minimum atomic E-state index is -0.249. The Hall–Kier alpha value is -2.84. The van der Waals surface area contributed by atoms with Crippen molar-refractivity contribution < 1.29 is 9.90 Å². The zero-order valence-electron chi connectivity index (χ0n) is 21.9. The summed E-state index contributed by atoms with van der Waals surface area (Å²) in [4.78, 5) is 12.5. The molecule has 0 aliphatic carbocycles. The third-order valence-electron chi connectivity index (χ3n) is 5.62. The number of carbonyl (C=O) groups excluding carboxylic acids is 1. The van der Waals surface area contributed by atoms with Gasteiger partial charge >= 0.3 is 0 Å². The Morgan fingerprint density at radius 1 is 1.08 bits per heavy atom. The first-order valence-electron chi connectivity index (χ1n) is 11.8. The number of aromatic hydroxyl groups is 1. The Morgan fingerprint density at radius 2 is 1.67 bits per heavy atom. The molecule has 0 unspecified atom stereocenters. The Bertz CT molecular complexity index is 1220. The minimum absolute atomic E-state index is 0.145. The predicted molar refractivity (Wildman–Crippen MR) is 148 cm³/mol. The second kappa shape index (κ2) is 11.0. The van der Waals surface area contributed by atoms with Gasteiger partial charge in [0, 0.05) is 28.3 Å². The number of phenols is 1. The molecule has 0 radical (unpaired) electrons. The fourth-order valence-electron chi connectivity index (χ4n) is 3.71. The van der Waals surface area contributed by atoms with Crippen molar-refractivity contribution in [1.29, 1.82) is 0 Å². The summed E-state index contributed by atoms with van der Waals surface area (Å²) >= 11 is 7.29. The van der Waals surface area contributed by atoms with Crippen LogP contribution in [0.2, 0.25) is 5.02 Å². The monoisotopic (exact) mass is 527 g/mol. The molecule has 3 rings (SSSR count). The van der Waals surface area contributed by atoms with Crippen LogP contribution < -0.4 is 5.43 Å². The van der Waals surface area contributed by atoms with Crippen LogP contribution in [-0.4, -0.2) is 37.7 Å². The Kier molecular flexibility index (Phi) is 8.52. The van der Waals surface area contributed by atoms with E-state index in [2.05, 4.69) is 62.3 Å². The van der Waals surface area contributed by atoms with Gasteiger partial charge in [0.25, 0.3) is 5.91 Å². The minimum Gasteiger partial charge on any atom is -0.507 e. The smallest absolute Gasteiger partial charge is 0.250 e. The number of nitrogens with one attached hydrogen (secondary N) is 1. The first-order valence-corrected chi connectivity index (χ1v) is 13.2. The number of hydrazone groups is 1. The number of rotatable bonds is 7. The molecule has 0 spiro atoms.